The highest BCUT2D eigenvalue weighted by atomic mass is 16.1. The summed E-state index contributed by atoms with van der Waals surface area (Å²) in [6.45, 7) is 3.28. The lowest BCUT2D eigenvalue weighted by Gasteiger charge is -2.34. The molecule has 0 radical (unpaired) electrons. The van der Waals surface area contributed by atoms with Crippen molar-refractivity contribution in [1.29, 1.82) is 0 Å². The summed E-state index contributed by atoms with van der Waals surface area (Å²) in [6.07, 6.45) is 7.26. The largest absolute Gasteiger partial charge is 0.330 e. The first-order valence-electron chi connectivity index (χ1n) is 10.8. The van der Waals surface area contributed by atoms with E-state index in [9.17, 15) is 4.79 Å². The van der Waals surface area contributed by atoms with Gasteiger partial charge in [-0.15, -0.1) is 5.10 Å². The molecule has 1 atom stereocenters. The van der Waals surface area contributed by atoms with E-state index < -0.39 is 5.54 Å². The Labute approximate surface area is 175 Å². The third-order valence-corrected chi connectivity index (χ3v) is 6.33. The molecule has 5 rings (SSSR count). The first-order chi connectivity index (χ1) is 14.6. The van der Waals surface area contributed by atoms with Crippen LogP contribution < -0.4 is 16.0 Å². The van der Waals surface area contributed by atoms with Crippen molar-refractivity contribution in [3.05, 3.63) is 30.1 Å². The summed E-state index contributed by atoms with van der Waals surface area (Å²) in [5.41, 5.74) is 7.05. The number of nitrogens with zero attached hydrogens (tertiary/aromatic N) is 5. The molecule has 30 heavy (non-hydrogen) atoms. The van der Waals surface area contributed by atoms with E-state index in [1.807, 2.05) is 29.8 Å². The van der Waals surface area contributed by atoms with E-state index in [4.69, 9.17) is 15.8 Å². The molecule has 0 bridgehead atoms. The summed E-state index contributed by atoms with van der Waals surface area (Å²) in [7, 11) is 0. The summed E-state index contributed by atoms with van der Waals surface area (Å²) in [5, 5.41) is 15.6. The number of aromatic amines is 1. The molecule has 0 spiro atoms. The van der Waals surface area contributed by atoms with E-state index in [1.54, 1.807) is 0 Å². The van der Waals surface area contributed by atoms with Crippen molar-refractivity contribution in [3.8, 4) is 0 Å². The molecular weight excluding hydrogens is 380 g/mol. The second kappa shape index (κ2) is 7.39. The van der Waals surface area contributed by atoms with E-state index in [-0.39, 0.29) is 5.78 Å². The van der Waals surface area contributed by atoms with E-state index in [2.05, 4.69) is 26.5 Å². The van der Waals surface area contributed by atoms with Crippen LogP contribution in [0.4, 0.5) is 17.6 Å². The SMILES string of the molecule is C[C@@]1(C(=O)CCCN)CCCN1c1nc(Nc2cc(C3CC3)[nH]n2)c2cccn2n1. The number of fused-ring (bicyclic) bond motifs is 1. The molecule has 1 aliphatic heterocycles. The van der Waals surface area contributed by atoms with Gasteiger partial charge in [0, 0.05) is 36.8 Å². The molecule has 158 valence electrons. The fourth-order valence-corrected chi connectivity index (χ4v) is 4.36. The molecule has 4 N–H and O–H groups in total. The molecular formula is C21H28N8O. The number of hydrogen-bond donors (Lipinski definition) is 3. The average molecular weight is 409 g/mol. The molecule has 9 heteroatoms. The summed E-state index contributed by atoms with van der Waals surface area (Å²) < 4.78 is 1.81. The van der Waals surface area contributed by atoms with Crippen LogP contribution in [-0.4, -0.2) is 49.2 Å². The van der Waals surface area contributed by atoms with Gasteiger partial charge in [-0.3, -0.25) is 9.89 Å². The second-order valence-electron chi connectivity index (χ2n) is 8.55. The molecule has 4 heterocycles. The molecule has 1 saturated carbocycles. The minimum absolute atomic E-state index is 0.206. The van der Waals surface area contributed by atoms with Crippen LogP contribution in [0.3, 0.4) is 0 Å². The number of nitrogens with two attached hydrogens (primary N) is 1. The Morgan fingerprint density at radius 1 is 1.43 bits per heavy atom. The smallest absolute Gasteiger partial charge is 0.246 e. The van der Waals surface area contributed by atoms with Gasteiger partial charge in [-0.25, -0.2) is 4.52 Å². The number of H-pyrrole nitrogens is 1. The van der Waals surface area contributed by atoms with Crippen LogP contribution in [0.15, 0.2) is 24.4 Å². The number of hydrogen-bond acceptors (Lipinski definition) is 7. The number of Topliss-reactive ketones (excluding diaryl/α,β-unsaturated/α-hetero) is 1. The maximum absolute atomic E-state index is 13.0. The number of ketones is 1. The van der Waals surface area contributed by atoms with Crippen molar-refractivity contribution >= 4 is 28.9 Å². The fourth-order valence-electron chi connectivity index (χ4n) is 4.36. The molecule has 3 aromatic heterocycles. The molecule has 0 unspecified atom stereocenters. The quantitative estimate of drug-likeness (QED) is 0.524. The van der Waals surface area contributed by atoms with Gasteiger partial charge in [0.05, 0.1) is 5.54 Å². The topological polar surface area (TPSA) is 117 Å². The highest BCUT2D eigenvalue weighted by Crippen LogP contribution is 2.40. The Morgan fingerprint density at radius 3 is 3.10 bits per heavy atom. The normalized spacial score (nSPS) is 21.5. The molecule has 1 saturated heterocycles. The average Bonchev–Trinajstić information content (AvgIpc) is 3.13. The summed E-state index contributed by atoms with van der Waals surface area (Å²) in [4.78, 5) is 19.9. The maximum Gasteiger partial charge on any atom is 0.246 e. The van der Waals surface area contributed by atoms with Crippen molar-refractivity contribution in [1.82, 2.24) is 24.8 Å². The minimum Gasteiger partial charge on any atom is -0.330 e. The number of aromatic nitrogens is 5. The zero-order valence-corrected chi connectivity index (χ0v) is 17.3. The van der Waals surface area contributed by atoms with Crippen molar-refractivity contribution in [3.63, 3.8) is 0 Å². The van der Waals surface area contributed by atoms with Gasteiger partial charge in [-0.05, 0) is 57.7 Å². The predicted octanol–water partition coefficient (Wildman–Crippen LogP) is 2.74. The van der Waals surface area contributed by atoms with Crippen molar-refractivity contribution < 1.29 is 4.79 Å². The van der Waals surface area contributed by atoms with Gasteiger partial charge in [-0.2, -0.15) is 10.1 Å². The van der Waals surface area contributed by atoms with Crippen molar-refractivity contribution in [2.75, 3.05) is 23.3 Å². The molecule has 0 amide bonds. The van der Waals surface area contributed by atoms with Gasteiger partial charge < -0.3 is 16.0 Å². The summed E-state index contributed by atoms with van der Waals surface area (Å²) in [6, 6.07) is 5.96. The second-order valence-corrected chi connectivity index (χ2v) is 8.55. The first-order valence-corrected chi connectivity index (χ1v) is 10.8. The third kappa shape index (κ3) is 3.32. The minimum atomic E-state index is -0.598. The van der Waals surface area contributed by atoms with Crippen molar-refractivity contribution in [2.24, 2.45) is 5.73 Å². The summed E-state index contributed by atoms with van der Waals surface area (Å²) in [5.74, 6) is 2.79. The van der Waals surface area contributed by atoms with Gasteiger partial charge in [0.1, 0.15) is 5.52 Å². The van der Waals surface area contributed by atoms with Crippen LogP contribution in [0.25, 0.3) is 5.52 Å². The Kier molecular flexibility index (Phi) is 4.69. The van der Waals surface area contributed by atoms with Crippen LogP contribution >= 0.6 is 0 Å². The lowest BCUT2D eigenvalue weighted by molar-refractivity contribution is -0.123. The van der Waals surface area contributed by atoms with Crippen LogP contribution in [0.1, 0.15) is 57.1 Å². The highest BCUT2D eigenvalue weighted by Gasteiger charge is 2.44. The van der Waals surface area contributed by atoms with Crippen LogP contribution in [0.5, 0.6) is 0 Å². The fraction of sp³-hybridized carbons (Fsp3) is 0.524. The maximum atomic E-state index is 13.0. The zero-order valence-electron chi connectivity index (χ0n) is 17.3. The Morgan fingerprint density at radius 2 is 2.30 bits per heavy atom. The molecule has 2 aliphatic rings. The monoisotopic (exact) mass is 408 g/mol. The first kappa shape index (κ1) is 19.0. The van der Waals surface area contributed by atoms with Gasteiger partial charge in [0.15, 0.2) is 17.4 Å². The summed E-state index contributed by atoms with van der Waals surface area (Å²) >= 11 is 0. The Bertz CT molecular complexity index is 1070. The molecule has 9 nitrogen and oxygen atoms in total. The third-order valence-electron chi connectivity index (χ3n) is 6.33. The number of rotatable bonds is 8. The molecule has 0 aromatic carbocycles. The van der Waals surface area contributed by atoms with E-state index >= 15 is 0 Å². The number of anilines is 3. The van der Waals surface area contributed by atoms with Gasteiger partial charge in [-0.1, -0.05) is 0 Å². The van der Waals surface area contributed by atoms with Crippen LogP contribution in [0, 0.1) is 0 Å². The number of carbonyl (C=O) groups excluding carboxylic acids is 1. The van der Waals surface area contributed by atoms with Gasteiger partial charge in [0.25, 0.3) is 0 Å². The van der Waals surface area contributed by atoms with Crippen molar-refractivity contribution in [2.45, 2.75) is 56.9 Å². The van der Waals surface area contributed by atoms with Gasteiger partial charge >= 0.3 is 0 Å². The van der Waals surface area contributed by atoms with E-state index in [0.29, 0.717) is 37.1 Å². The lowest BCUT2D eigenvalue weighted by Crippen LogP contribution is -2.49. The number of carbonyl (C=O) groups is 1. The van der Waals surface area contributed by atoms with Crippen LogP contribution in [0.2, 0.25) is 0 Å². The number of nitrogens with one attached hydrogen (secondary N) is 2. The van der Waals surface area contributed by atoms with Crippen LogP contribution in [-0.2, 0) is 4.79 Å². The Balaban J connectivity index is 1.47. The zero-order chi connectivity index (χ0) is 20.7. The molecule has 3 aromatic rings. The van der Waals surface area contributed by atoms with E-state index in [0.717, 1.165) is 36.4 Å². The lowest BCUT2D eigenvalue weighted by atomic mass is 9.90. The molecule has 2 fully saturated rings. The standard InChI is InChI=1S/C21H28N8O/c1-21(17(30)6-2-10-22)9-4-11-28(21)20-24-19(16-5-3-12-29(16)27-20)23-18-13-15(25-26-18)14-7-8-14/h3,5,12-14H,2,4,6-11,22H2,1H3,(H2,23,24,25,26,27)/t21-/m0/s1. The van der Waals surface area contributed by atoms with E-state index in [1.165, 1.54) is 12.8 Å². The predicted molar refractivity (Wildman–Crippen MR) is 115 cm³/mol. The Hall–Kier alpha value is -2.94. The van der Waals surface area contributed by atoms with Gasteiger partial charge in [0.2, 0.25) is 5.95 Å². The molecule has 1 aliphatic carbocycles. The highest BCUT2D eigenvalue weighted by molar-refractivity contribution is 5.91.